The Kier molecular flexibility index (Phi) is 4.85. The van der Waals surface area contributed by atoms with Crippen LogP contribution in [0, 0.1) is 0 Å². The van der Waals surface area contributed by atoms with Gasteiger partial charge in [-0.1, -0.05) is 30.3 Å². The number of hydrogen-bond donors (Lipinski definition) is 0. The topological polar surface area (TPSA) is 72.1 Å². The molecule has 4 aromatic rings. The molecular weight excluding hydrogens is 352 g/mol. The highest BCUT2D eigenvalue weighted by atomic mass is 16.3. The van der Waals surface area contributed by atoms with Crippen LogP contribution < -0.4 is 0 Å². The molecule has 2 aromatic carbocycles. The lowest BCUT2D eigenvalue weighted by Gasteiger charge is -2.24. The number of carbonyl (C=O) groups is 1. The molecule has 1 unspecified atom stereocenters. The maximum Gasteiger partial charge on any atom is 0.254 e. The van der Waals surface area contributed by atoms with E-state index in [2.05, 4.69) is 15.0 Å². The molecule has 28 heavy (non-hydrogen) atoms. The van der Waals surface area contributed by atoms with Crippen molar-refractivity contribution in [3.8, 4) is 0 Å². The maximum atomic E-state index is 12.9. The molecule has 0 aliphatic rings. The van der Waals surface area contributed by atoms with Crippen LogP contribution in [0.1, 0.15) is 40.5 Å². The van der Waals surface area contributed by atoms with Crippen LogP contribution in [0.3, 0.4) is 0 Å². The first kappa shape index (κ1) is 17.9. The third-order valence-electron chi connectivity index (χ3n) is 4.81. The fourth-order valence-electron chi connectivity index (χ4n) is 3.08. The zero-order valence-corrected chi connectivity index (χ0v) is 15.7. The quantitative estimate of drug-likeness (QED) is 0.529. The van der Waals surface area contributed by atoms with Crippen LogP contribution in [0.4, 0.5) is 0 Å². The molecule has 0 N–H and O–H groups in total. The highest BCUT2D eigenvalue weighted by Gasteiger charge is 2.20. The molecule has 0 aliphatic heterocycles. The van der Waals surface area contributed by atoms with Gasteiger partial charge in [-0.15, -0.1) is 0 Å². The van der Waals surface area contributed by atoms with Gasteiger partial charge < -0.3 is 9.32 Å². The van der Waals surface area contributed by atoms with Crippen molar-refractivity contribution in [1.82, 2.24) is 19.9 Å². The standard InChI is InChI=1S/C22H20N4O2/c1-15(18-10-11-23-14-24-18)26(2)22(27)17-8-9-20-19(13-17)25-21(28-20)12-16-6-4-3-5-7-16/h3-11,13-15H,12H2,1-2H3. The van der Waals surface area contributed by atoms with E-state index in [0.717, 1.165) is 11.3 Å². The Bertz CT molecular complexity index is 1090. The van der Waals surface area contributed by atoms with Crippen molar-refractivity contribution in [2.75, 3.05) is 7.05 Å². The number of hydrogen-bond acceptors (Lipinski definition) is 5. The molecule has 2 heterocycles. The number of rotatable bonds is 5. The summed E-state index contributed by atoms with van der Waals surface area (Å²) in [6.45, 7) is 1.94. The number of aromatic nitrogens is 3. The van der Waals surface area contributed by atoms with Gasteiger partial charge in [0.1, 0.15) is 11.8 Å². The molecule has 140 valence electrons. The number of amides is 1. The lowest BCUT2D eigenvalue weighted by molar-refractivity contribution is 0.0740. The van der Waals surface area contributed by atoms with E-state index in [4.69, 9.17) is 4.42 Å². The molecule has 4 rings (SSSR count). The molecule has 0 aliphatic carbocycles. The first-order chi connectivity index (χ1) is 13.6. The molecular formula is C22H20N4O2. The van der Waals surface area contributed by atoms with Crippen LogP contribution in [0.25, 0.3) is 11.1 Å². The Morgan fingerprint density at radius 1 is 1.14 bits per heavy atom. The minimum absolute atomic E-state index is 0.0966. The minimum atomic E-state index is -0.169. The van der Waals surface area contributed by atoms with Crippen LogP contribution in [-0.4, -0.2) is 32.8 Å². The molecule has 0 saturated carbocycles. The SMILES string of the molecule is CC(c1ccncn1)N(C)C(=O)c1ccc2oc(Cc3ccccc3)nc2c1. The average molecular weight is 372 g/mol. The molecule has 1 amide bonds. The Morgan fingerprint density at radius 3 is 2.71 bits per heavy atom. The van der Waals surface area contributed by atoms with Gasteiger partial charge in [-0.2, -0.15) is 0 Å². The minimum Gasteiger partial charge on any atom is -0.440 e. The fourth-order valence-corrected chi connectivity index (χ4v) is 3.08. The van der Waals surface area contributed by atoms with Crippen LogP contribution in [0.15, 0.2) is 71.5 Å². The highest BCUT2D eigenvalue weighted by Crippen LogP contribution is 2.22. The summed E-state index contributed by atoms with van der Waals surface area (Å²) in [6.07, 6.45) is 3.77. The molecule has 0 saturated heterocycles. The molecule has 1 atom stereocenters. The Hall–Kier alpha value is -3.54. The van der Waals surface area contributed by atoms with Crippen molar-refractivity contribution in [2.24, 2.45) is 0 Å². The van der Waals surface area contributed by atoms with Crippen LogP contribution in [0.5, 0.6) is 0 Å². The molecule has 0 radical (unpaired) electrons. The van der Waals surface area contributed by atoms with Gasteiger partial charge in [0.15, 0.2) is 11.5 Å². The van der Waals surface area contributed by atoms with Gasteiger partial charge in [0.25, 0.3) is 5.91 Å². The number of benzene rings is 2. The van der Waals surface area contributed by atoms with Gasteiger partial charge in [0, 0.05) is 25.2 Å². The zero-order chi connectivity index (χ0) is 19.5. The summed E-state index contributed by atoms with van der Waals surface area (Å²) < 4.78 is 5.83. The second-order valence-electron chi connectivity index (χ2n) is 6.68. The summed E-state index contributed by atoms with van der Waals surface area (Å²) in [4.78, 5) is 27.3. The number of carbonyl (C=O) groups excluding carboxylic acids is 1. The van der Waals surface area contributed by atoms with E-state index in [-0.39, 0.29) is 11.9 Å². The molecule has 0 fully saturated rings. The van der Waals surface area contributed by atoms with Crippen molar-refractivity contribution in [3.05, 3.63) is 89.8 Å². The van der Waals surface area contributed by atoms with Crippen molar-refractivity contribution in [2.45, 2.75) is 19.4 Å². The average Bonchev–Trinajstić information content (AvgIpc) is 3.14. The third kappa shape index (κ3) is 3.62. The Morgan fingerprint density at radius 2 is 1.96 bits per heavy atom. The van der Waals surface area contributed by atoms with Gasteiger partial charge in [-0.25, -0.2) is 15.0 Å². The summed E-state index contributed by atoms with van der Waals surface area (Å²) in [5.41, 5.74) is 3.84. The van der Waals surface area contributed by atoms with Crippen molar-refractivity contribution >= 4 is 17.0 Å². The van der Waals surface area contributed by atoms with Crippen molar-refractivity contribution in [3.63, 3.8) is 0 Å². The molecule has 6 heteroatoms. The van der Waals surface area contributed by atoms with E-state index >= 15 is 0 Å². The third-order valence-corrected chi connectivity index (χ3v) is 4.81. The summed E-state index contributed by atoms with van der Waals surface area (Å²) in [7, 11) is 1.77. The van der Waals surface area contributed by atoms with E-state index in [0.29, 0.717) is 29.0 Å². The molecule has 6 nitrogen and oxygen atoms in total. The summed E-state index contributed by atoms with van der Waals surface area (Å²) >= 11 is 0. The molecule has 0 spiro atoms. The normalized spacial score (nSPS) is 12.1. The highest BCUT2D eigenvalue weighted by molar-refractivity contribution is 5.97. The predicted octanol–water partition coefficient (Wildman–Crippen LogP) is 4.04. The molecule has 2 aromatic heterocycles. The van der Waals surface area contributed by atoms with Crippen LogP contribution in [-0.2, 0) is 6.42 Å². The summed E-state index contributed by atoms with van der Waals surface area (Å²) in [5, 5.41) is 0. The number of nitrogens with zero attached hydrogens (tertiary/aromatic N) is 4. The lowest BCUT2D eigenvalue weighted by atomic mass is 10.1. The molecule has 0 bridgehead atoms. The largest absolute Gasteiger partial charge is 0.440 e. The van der Waals surface area contributed by atoms with Gasteiger partial charge >= 0.3 is 0 Å². The maximum absolute atomic E-state index is 12.9. The summed E-state index contributed by atoms with van der Waals surface area (Å²) in [5.74, 6) is 0.536. The van der Waals surface area contributed by atoms with E-state index in [1.165, 1.54) is 6.33 Å². The first-order valence-corrected chi connectivity index (χ1v) is 9.08. The monoisotopic (exact) mass is 372 g/mol. The van der Waals surface area contributed by atoms with Crippen molar-refractivity contribution in [1.29, 1.82) is 0 Å². The Labute approximate surface area is 162 Å². The van der Waals surface area contributed by atoms with Gasteiger partial charge in [0.2, 0.25) is 0 Å². The van der Waals surface area contributed by atoms with E-state index in [9.17, 15) is 4.79 Å². The van der Waals surface area contributed by atoms with E-state index < -0.39 is 0 Å². The second-order valence-corrected chi connectivity index (χ2v) is 6.68. The van der Waals surface area contributed by atoms with E-state index in [1.807, 2.05) is 43.3 Å². The first-order valence-electron chi connectivity index (χ1n) is 9.08. The van der Waals surface area contributed by atoms with Crippen molar-refractivity contribution < 1.29 is 9.21 Å². The van der Waals surface area contributed by atoms with Gasteiger partial charge in [0.05, 0.1) is 11.7 Å². The predicted molar refractivity (Wildman–Crippen MR) is 106 cm³/mol. The van der Waals surface area contributed by atoms with Gasteiger partial charge in [-0.3, -0.25) is 4.79 Å². The smallest absolute Gasteiger partial charge is 0.254 e. The summed E-state index contributed by atoms with van der Waals surface area (Å²) in [6, 6.07) is 17.0. The number of oxazole rings is 1. The second kappa shape index (κ2) is 7.60. The van der Waals surface area contributed by atoms with Crippen LogP contribution in [0.2, 0.25) is 0 Å². The van der Waals surface area contributed by atoms with Gasteiger partial charge in [-0.05, 0) is 36.8 Å². The Balaban J connectivity index is 1.56. The number of fused-ring (bicyclic) bond motifs is 1. The lowest BCUT2D eigenvalue weighted by Crippen LogP contribution is -2.30. The van der Waals surface area contributed by atoms with E-state index in [1.54, 1.807) is 36.3 Å². The van der Waals surface area contributed by atoms with Crippen LogP contribution >= 0.6 is 0 Å². The zero-order valence-electron chi connectivity index (χ0n) is 15.7. The fraction of sp³-hybridized carbons (Fsp3) is 0.182.